The molecule has 24 heavy (non-hydrogen) atoms. The number of carbonyl (C=O) groups is 2. The van der Waals surface area contributed by atoms with Crippen molar-refractivity contribution in [2.24, 2.45) is 0 Å². The third kappa shape index (κ3) is 4.13. The maximum atomic E-state index is 12.0. The molecule has 0 spiro atoms. The van der Waals surface area contributed by atoms with E-state index in [0.717, 1.165) is 0 Å². The quantitative estimate of drug-likeness (QED) is 0.495. The highest BCUT2D eigenvalue weighted by molar-refractivity contribution is 6.03. The van der Waals surface area contributed by atoms with E-state index >= 15 is 0 Å². The van der Waals surface area contributed by atoms with Crippen molar-refractivity contribution in [2.45, 2.75) is 13.8 Å². The van der Waals surface area contributed by atoms with E-state index in [4.69, 9.17) is 4.74 Å². The van der Waals surface area contributed by atoms with E-state index in [2.05, 4.69) is 10.3 Å². The first-order chi connectivity index (χ1) is 11.4. The SMILES string of the molecule is CC(=O)c1ccccc1NC(=O)COc1ccc(C)nc1[N+](=O)[O-]. The second-order valence-electron chi connectivity index (χ2n) is 4.97. The number of ether oxygens (including phenoxy) is 1. The molecule has 0 atom stereocenters. The number of nitrogens with zero attached hydrogens (tertiary/aromatic N) is 2. The Morgan fingerprint density at radius 2 is 1.96 bits per heavy atom. The van der Waals surface area contributed by atoms with Crippen LogP contribution in [0.2, 0.25) is 0 Å². The number of aryl methyl sites for hydroxylation is 1. The third-order valence-electron chi connectivity index (χ3n) is 3.09. The number of Topliss-reactive ketones (excluding diaryl/α,β-unsaturated/α-hetero) is 1. The average molecular weight is 329 g/mol. The van der Waals surface area contributed by atoms with E-state index in [-0.39, 0.29) is 11.5 Å². The van der Waals surface area contributed by atoms with Gasteiger partial charge in [-0.3, -0.25) is 9.59 Å². The van der Waals surface area contributed by atoms with Gasteiger partial charge in [0.25, 0.3) is 5.91 Å². The molecule has 0 saturated heterocycles. The van der Waals surface area contributed by atoms with Gasteiger partial charge in [-0.25, -0.2) is 0 Å². The van der Waals surface area contributed by atoms with E-state index in [0.29, 0.717) is 16.9 Å². The number of anilines is 1. The molecule has 1 N–H and O–H groups in total. The first-order valence-corrected chi connectivity index (χ1v) is 7.03. The lowest BCUT2D eigenvalue weighted by Gasteiger charge is -2.10. The largest absolute Gasteiger partial charge is 0.476 e. The molecule has 0 aliphatic carbocycles. The van der Waals surface area contributed by atoms with E-state index in [1.165, 1.54) is 13.0 Å². The summed E-state index contributed by atoms with van der Waals surface area (Å²) in [6, 6.07) is 9.47. The molecule has 1 heterocycles. The van der Waals surface area contributed by atoms with Crippen LogP contribution in [-0.4, -0.2) is 28.2 Å². The standard InChI is InChI=1S/C16H15N3O5/c1-10-7-8-14(16(17-10)19(22)23)24-9-15(21)18-13-6-4-3-5-12(13)11(2)20/h3-8H,9H2,1-2H3,(H,18,21). The zero-order valence-corrected chi connectivity index (χ0v) is 13.1. The molecule has 0 radical (unpaired) electrons. The number of aromatic nitrogens is 1. The van der Waals surface area contributed by atoms with Crippen molar-refractivity contribution in [3.63, 3.8) is 0 Å². The van der Waals surface area contributed by atoms with Gasteiger partial charge in [0.1, 0.15) is 5.69 Å². The normalized spacial score (nSPS) is 10.1. The summed E-state index contributed by atoms with van der Waals surface area (Å²) in [6.07, 6.45) is 0. The topological polar surface area (TPSA) is 111 Å². The fourth-order valence-corrected chi connectivity index (χ4v) is 2.00. The predicted molar refractivity (Wildman–Crippen MR) is 86.2 cm³/mol. The molecule has 0 bridgehead atoms. The monoisotopic (exact) mass is 329 g/mol. The molecule has 124 valence electrons. The van der Waals surface area contributed by atoms with E-state index < -0.39 is 23.3 Å². The molecule has 1 amide bonds. The lowest BCUT2D eigenvalue weighted by molar-refractivity contribution is -0.390. The number of para-hydroxylation sites is 1. The second-order valence-corrected chi connectivity index (χ2v) is 4.97. The van der Waals surface area contributed by atoms with Crippen LogP contribution in [0.25, 0.3) is 0 Å². The summed E-state index contributed by atoms with van der Waals surface area (Å²) in [6.45, 7) is 2.56. The Bertz CT molecular complexity index is 804. The van der Waals surface area contributed by atoms with E-state index in [9.17, 15) is 19.7 Å². The number of ketones is 1. The maximum Gasteiger partial charge on any atom is 0.406 e. The highest BCUT2D eigenvalue weighted by Crippen LogP contribution is 2.24. The first kappa shape index (κ1) is 17.1. The minimum atomic E-state index is -0.675. The van der Waals surface area contributed by atoms with Gasteiger partial charge in [0.15, 0.2) is 12.4 Å². The molecule has 2 rings (SSSR count). The summed E-state index contributed by atoms with van der Waals surface area (Å²) >= 11 is 0. The van der Waals surface area contributed by atoms with Crippen LogP contribution in [0, 0.1) is 17.0 Å². The number of benzene rings is 1. The van der Waals surface area contributed by atoms with Crippen molar-refractivity contribution in [2.75, 3.05) is 11.9 Å². The van der Waals surface area contributed by atoms with Crippen LogP contribution in [0.1, 0.15) is 23.0 Å². The summed E-state index contributed by atoms with van der Waals surface area (Å²) in [5, 5.41) is 13.5. The van der Waals surface area contributed by atoms with Crippen LogP contribution in [0.3, 0.4) is 0 Å². The van der Waals surface area contributed by atoms with Crippen LogP contribution >= 0.6 is 0 Å². The van der Waals surface area contributed by atoms with Gasteiger partial charge in [-0.2, -0.15) is 0 Å². The molecular formula is C16H15N3O5. The number of rotatable bonds is 6. The fraction of sp³-hybridized carbons (Fsp3) is 0.188. The Labute approximate surface area is 137 Å². The molecule has 8 nitrogen and oxygen atoms in total. The van der Waals surface area contributed by atoms with E-state index in [1.54, 1.807) is 37.3 Å². The Hall–Kier alpha value is -3.29. The highest BCUT2D eigenvalue weighted by atomic mass is 16.6. The van der Waals surface area contributed by atoms with Crippen LogP contribution in [0.5, 0.6) is 5.75 Å². The minimum Gasteiger partial charge on any atom is -0.476 e. The predicted octanol–water partition coefficient (Wildman–Crippen LogP) is 2.52. The van der Waals surface area contributed by atoms with Gasteiger partial charge in [0.05, 0.1) is 5.69 Å². The van der Waals surface area contributed by atoms with Crippen molar-refractivity contribution in [1.29, 1.82) is 0 Å². The van der Waals surface area contributed by atoms with Crippen molar-refractivity contribution in [1.82, 2.24) is 4.98 Å². The number of nitrogens with one attached hydrogen (secondary N) is 1. The number of hydrogen-bond acceptors (Lipinski definition) is 6. The Kier molecular flexibility index (Phi) is 5.20. The molecular weight excluding hydrogens is 314 g/mol. The fourth-order valence-electron chi connectivity index (χ4n) is 2.00. The van der Waals surface area contributed by atoms with Crippen molar-refractivity contribution in [3.05, 3.63) is 57.8 Å². The minimum absolute atomic E-state index is 0.0967. The number of nitro groups is 1. The summed E-state index contributed by atoms with van der Waals surface area (Å²) in [4.78, 5) is 37.5. The van der Waals surface area contributed by atoms with Crippen LogP contribution < -0.4 is 10.1 Å². The Morgan fingerprint density at radius 3 is 2.62 bits per heavy atom. The van der Waals surface area contributed by atoms with Crippen molar-refractivity contribution < 1.29 is 19.2 Å². The van der Waals surface area contributed by atoms with Gasteiger partial charge in [-0.1, -0.05) is 12.1 Å². The van der Waals surface area contributed by atoms with Crippen LogP contribution in [-0.2, 0) is 4.79 Å². The molecule has 1 aromatic carbocycles. The lowest BCUT2D eigenvalue weighted by atomic mass is 10.1. The first-order valence-electron chi connectivity index (χ1n) is 7.03. The number of hydrogen-bond donors (Lipinski definition) is 1. The zero-order chi connectivity index (χ0) is 17.7. The maximum absolute atomic E-state index is 12.0. The van der Waals surface area contributed by atoms with Crippen molar-refractivity contribution in [3.8, 4) is 5.75 Å². The van der Waals surface area contributed by atoms with Crippen LogP contribution in [0.15, 0.2) is 36.4 Å². The van der Waals surface area contributed by atoms with Gasteiger partial charge in [-0.05, 0) is 41.1 Å². The molecule has 8 heteroatoms. The Morgan fingerprint density at radius 1 is 1.25 bits per heavy atom. The molecule has 0 aliphatic rings. The summed E-state index contributed by atoms with van der Waals surface area (Å²) in [7, 11) is 0. The summed E-state index contributed by atoms with van der Waals surface area (Å²) in [5.74, 6) is -1.28. The Balaban J connectivity index is 2.07. The van der Waals surface area contributed by atoms with Crippen molar-refractivity contribution >= 4 is 23.2 Å². The average Bonchev–Trinajstić information content (AvgIpc) is 2.53. The lowest BCUT2D eigenvalue weighted by Crippen LogP contribution is -2.21. The van der Waals surface area contributed by atoms with E-state index in [1.807, 2.05) is 0 Å². The molecule has 2 aromatic rings. The number of carbonyl (C=O) groups excluding carboxylic acids is 2. The summed E-state index contributed by atoms with van der Waals surface area (Å²) in [5.41, 5.74) is 1.19. The number of pyridine rings is 1. The van der Waals surface area contributed by atoms with Gasteiger partial charge in [0, 0.05) is 12.5 Å². The zero-order valence-electron chi connectivity index (χ0n) is 13.1. The van der Waals surface area contributed by atoms with Gasteiger partial charge < -0.3 is 20.2 Å². The molecule has 0 saturated carbocycles. The third-order valence-corrected chi connectivity index (χ3v) is 3.09. The molecule has 1 aromatic heterocycles. The summed E-state index contributed by atoms with van der Waals surface area (Å²) < 4.78 is 5.19. The van der Waals surface area contributed by atoms with Gasteiger partial charge in [0.2, 0.25) is 5.75 Å². The smallest absolute Gasteiger partial charge is 0.406 e. The van der Waals surface area contributed by atoms with Gasteiger partial charge in [-0.15, -0.1) is 0 Å². The highest BCUT2D eigenvalue weighted by Gasteiger charge is 2.19. The molecule has 0 fully saturated rings. The molecule has 0 aliphatic heterocycles. The second kappa shape index (κ2) is 7.32. The van der Waals surface area contributed by atoms with Gasteiger partial charge >= 0.3 is 5.82 Å². The number of amides is 1. The molecule has 0 unspecified atom stereocenters. The van der Waals surface area contributed by atoms with Crippen LogP contribution in [0.4, 0.5) is 11.5 Å².